The summed E-state index contributed by atoms with van der Waals surface area (Å²) in [6.07, 6.45) is 6.69. The summed E-state index contributed by atoms with van der Waals surface area (Å²) in [5.41, 5.74) is 2.30. The van der Waals surface area contributed by atoms with Crippen molar-refractivity contribution in [2.45, 2.75) is 45.4 Å². The third kappa shape index (κ3) is 4.46. The molecule has 1 saturated heterocycles. The van der Waals surface area contributed by atoms with Gasteiger partial charge in [-0.15, -0.1) is 0 Å². The van der Waals surface area contributed by atoms with Crippen LogP contribution in [0.15, 0.2) is 66.8 Å². The first kappa shape index (κ1) is 23.7. The largest absolute Gasteiger partial charge is 0.507 e. The molecule has 0 spiro atoms. The SMILES string of the molecule is CCOc1ccc([C@H]2/C(=C(\O)c3ccc4c(c3)C[C@@H](C)O4)C(=O)C(=O)N2CCCn2ccnc2)cc1. The van der Waals surface area contributed by atoms with Gasteiger partial charge in [-0.2, -0.15) is 0 Å². The topological polar surface area (TPSA) is 93.9 Å². The second-order valence-corrected chi connectivity index (χ2v) is 9.10. The van der Waals surface area contributed by atoms with Crippen LogP contribution in [0.1, 0.15) is 43.0 Å². The van der Waals surface area contributed by atoms with Crippen molar-refractivity contribution in [1.82, 2.24) is 14.5 Å². The maximum absolute atomic E-state index is 13.3. The van der Waals surface area contributed by atoms with Gasteiger partial charge in [-0.05, 0) is 61.7 Å². The van der Waals surface area contributed by atoms with E-state index in [1.807, 2.05) is 54.9 Å². The summed E-state index contributed by atoms with van der Waals surface area (Å²) in [7, 11) is 0. The Morgan fingerprint density at radius 3 is 2.69 bits per heavy atom. The zero-order valence-corrected chi connectivity index (χ0v) is 20.4. The number of hydrogen-bond acceptors (Lipinski definition) is 6. The molecule has 186 valence electrons. The number of benzene rings is 2. The van der Waals surface area contributed by atoms with Gasteiger partial charge in [0, 0.05) is 37.5 Å². The molecular weight excluding hydrogens is 458 g/mol. The number of rotatable bonds is 8. The van der Waals surface area contributed by atoms with E-state index in [1.54, 1.807) is 29.6 Å². The van der Waals surface area contributed by atoms with Crippen LogP contribution in [0.2, 0.25) is 0 Å². The molecule has 8 nitrogen and oxygen atoms in total. The van der Waals surface area contributed by atoms with Gasteiger partial charge >= 0.3 is 0 Å². The second-order valence-electron chi connectivity index (χ2n) is 9.10. The predicted molar refractivity (Wildman–Crippen MR) is 134 cm³/mol. The molecule has 5 rings (SSSR count). The zero-order valence-electron chi connectivity index (χ0n) is 20.4. The third-order valence-corrected chi connectivity index (χ3v) is 6.59. The molecule has 2 aliphatic heterocycles. The molecule has 2 aromatic carbocycles. The van der Waals surface area contributed by atoms with Crippen molar-refractivity contribution in [3.05, 3.63) is 83.4 Å². The average molecular weight is 488 g/mol. The molecule has 1 N–H and O–H groups in total. The van der Waals surface area contributed by atoms with E-state index in [1.165, 1.54) is 0 Å². The fraction of sp³-hybridized carbons (Fsp3) is 0.321. The Morgan fingerprint density at radius 1 is 1.17 bits per heavy atom. The summed E-state index contributed by atoms with van der Waals surface area (Å²) in [6, 6.07) is 12.0. The normalized spacial score (nSPS) is 20.4. The van der Waals surface area contributed by atoms with Crippen LogP contribution in [-0.2, 0) is 22.6 Å². The molecule has 3 aromatic rings. The molecule has 1 aromatic heterocycles. The van der Waals surface area contributed by atoms with Gasteiger partial charge in [0.2, 0.25) is 0 Å². The van der Waals surface area contributed by atoms with Crippen LogP contribution in [0.5, 0.6) is 11.5 Å². The van der Waals surface area contributed by atoms with Crippen molar-refractivity contribution in [1.29, 1.82) is 0 Å². The highest BCUT2D eigenvalue weighted by atomic mass is 16.5. The summed E-state index contributed by atoms with van der Waals surface area (Å²) in [4.78, 5) is 32.1. The van der Waals surface area contributed by atoms with Gasteiger partial charge in [0.1, 0.15) is 23.4 Å². The maximum atomic E-state index is 13.3. The molecule has 1 amide bonds. The average Bonchev–Trinajstić information content (AvgIpc) is 3.58. The fourth-order valence-corrected chi connectivity index (χ4v) is 4.94. The molecule has 2 atom stereocenters. The van der Waals surface area contributed by atoms with Crippen molar-refractivity contribution >= 4 is 17.4 Å². The smallest absolute Gasteiger partial charge is 0.295 e. The number of carbonyl (C=O) groups is 2. The number of amides is 1. The molecule has 0 bridgehead atoms. The lowest BCUT2D eigenvalue weighted by molar-refractivity contribution is -0.139. The Labute approximate surface area is 209 Å². The number of carbonyl (C=O) groups excluding carboxylic acids is 2. The van der Waals surface area contributed by atoms with Crippen LogP contribution in [0.4, 0.5) is 0 Å². The highest BCUT2D eigenvalue weighted by Crippen LogP contribution is 2.41. The number of aliphatic hydroxyl groups is 1. The Hall–Kier alpha value is -4.07. The monoisotopic (exact) mass is 487 g/mol. The zero-order chi connectivity index (χ0) is 25.2. The number of aromatic nitrogens is 2. The summed E-state index contributed by atoms with van der Waals surface area (Å²) in [5, 5.41) is 11.4. The molecule has 1 fully saturated rings. The minimum absolute atomic E-state index is 0.0577. The van der Waals surface area contributed by atoms with Crippen molar-refractivity contribution in [3.8, 4) is 11.5 Å². The van der Waals surface area contributed by atoms with Crippen molar-refractivity contribution in [2.24, 2.45) is 0 Å². The summed E-state index contributed by atoms with van der Waals surface area (Å²) in [5.74, 6) is 0.0122. The number of aliphatic hydroxyl groups excluding tert-OH is 1. The first-order valence-electron chi connectivity index (χ1n) is 12.2. The molecule has 3 heterocycles. The minimum Gasteiger partial charge on any atom is -0.507 e. The van der Waals surface area contributed by atoms with E-state index in [0.29, 0.717) is 37.4 Å². The number of aryl methyl sites for hydroxylation is 1. The number of ether oxygens (including phenoxy) is 2. The molecule has 36 heavy (non-hydrogen) atoms. The van der Waals surface area contributed by atoms with E-state index in [0.717, 1.165) is 23.3 Å². The number of fused-ring (bicyclic) bond motifs is 1. The van der Waals surface area contributed by atoms with Crippen LogP contribution >= 0.6 is 0 Å². The van der Waals surface area contributed by atoms with Gasteiger partial charge in [0.05, 0.1) is 24.5 Å². The number of hydrogen-bond donors (Lipinski definition) is 1. The third-order valence-electron chi connectivity index (χ3n) is 6.59. The standard InChI is InChI=1S/C28H29N3O5/c1-3-35-22-8-5-19(6-9-22)25-24(26(32)20-7-10-23-21(16-20)15-18(2)36-23)27(33)28(34)31(25)13-4-12-30-14-11-29-17-30/h5-11,14,16-18,25,32H,3-4,12-13,15H2,1-2H3/b26-24+/t18-,25+/m1/s1. The first-order valence-corrected chi connectivity index (χ1v) is 12.2. The quantitative estimate of drug-likeness (QED) is 0.292. The molecular formula is C28H29N3O5. The van der Waals surface area contributed by atoms with E-state index in [4.69, 9.17) is 9.47 Å². The number of Topliss-reactive ketones (excluding diaryl/α,β-unsaturated/α-hetero) is 1. The molecule has 0 unspecified atom stereocenters. The van der Waals surface area contributed by atoms with Crippen LogP contribution in [-0.4, -0.2) is 50.5 Å². The van der Waals surface area contributed by atoms with E-state index >= 15 is 0 Å². The Balaban J connectivity index is 1.52. The lowest BCUT2D eigenvalue weighted by Gasteiger charge is -2.25. The van der Waals surface area contributed by atoms with Gasteiger partial charge in [-0.3, -0.25) is 9.59 Å². The summed E-state index contributed by atoms with van der Waals surface area (Å²) in [6.45, 7) is 5.44. The van der Waals surface area contributed by atoms with Gasteiger partial charge in [-0.25, -0.2) is 4.98 Å². The van der Waals surface area contributed by atoms with Gasteiger partial charge in [0.15, 0.2) is 0 Å². The second kappa shape index (κ2) is 9.89. The van der Waals surface area contributed by atoms with Crippen LogP contribution < -0.4 is 9.47 Å². The number of ketones is 1. The first-order chi connectivity index (χ1) is 17.5. The molecule has 0 aliphatic carbocycles. The van der Waals surface area contributed by atoms with Crippen LogP contribution in [0.3, 0.4) is 0 Å². The van der Waals surface area contributed by atoms with Crippen LogP contribution in [0, 0.1) is 0 Å². The van der Waals surface area contributed by atoms with E-state index < -0.39 is 17.7 Å². The Kier molecular flexibility index (Phi) is 6.50. The Morgan fingerprint density at radius 2 is 1.97 bits per heavy atom. The maximum Gasteiger partial charge on any atom is 0.295 e. The molecule has 0 radical (unpaired) electrons. The van der Waals surface area contributed by atoms with E-state index in [2.05, 4.69) is 4.98 Å². The highest BCUT2D eigenvalue weighted by molar-refractivity contribution is 6.46. The van der Waals surface area contributed by atoms with Gasteiger partial charge < -0.3 is 24.0 Å². The lowest BCUT2D eigenvalue weighted by Crippen LogP contribution is -2.31. The van der Waals surface area contributed by atoms with Gasteiger partial charge in [0.25, 0.3) is 11.7 Å². The number of nitrogens with zero attached hydrogens (tertiary/aromatic N) is 3. The van der Waals surface area contributed by atoms with E-state index in [-0.39, 0.29) is 17.4 Å². The molecule has 2 aliphatic rings. The molecule has 0 saturated carbocycles. The lowest BCUT2D eigenvalue weighted by atomic mass is 9.94. The Bertz CT molecular complexity index is 1300. The highest BCUT2D eigenvalue weighted by Gasteiger charge is 2.45. The van der Waals surface area contributed by atoms with Gasteiger partial charge in [-0.1, -0.05) is 12.1 Å². The number of likely N-dealkylation sites (tertiary alicyclic amines) is 1. The fourth-order valence-electron chi connectivity index (χ4n) is 4.94. The van der Waals surface area contributed by atoms with Crippen molar-refractivity contribution < 1.29 is 24.2 Å². The number of imidazole rings is 1. The predicted octanol–water partition coefficient (Wildman–Crippen LogP) is 4.12. The summed E-state index contributed by atoms with van der Waals surface area (Å²) < 4.78 is 13.3. The van der Waals surface area contributed by atoms with Crippen molar-refractivity contribution in [2.75, 3.05) is 13.2 Å². The minimum atomic E-state index is -0.702. The molecule has 8 heteroatoms. The van der Waals surface area contributed by atoms with Crippen molar-refractivity contribution in [3.63, 3.8) is 0 Å². The van der Waals surface area contributed by atoms with E-state index in [9.17, 15) is 14.7 Å². The summed E-state index contributed by atoms with van der Waals surface area (Å²) >= 11 is 0. The van der Waals surface area contributed by atoms with Crippen LogP contribution in [0.25, 0.3) is 5.76 Å².